The van der Waals surface area contributed by atoms with Crippen LogP contribution in [-0.2, 0) is 0 Å². The zero-order chi connectivity index (χ0) is 13.4. The first-order valence-electron chi connectivity index (χ1n) is 8.39. The number of rotatable bonds is 11. The molecule has 1 nitrogen and oxygen atoms in total. The smallest absolute Gasteiger partial charge is 0.00684 e. The molecule has 0 saturated heterocycles. The van der Waals surface area contributed by atoms with Gasteiger partial charge in [0.1, 0.15) is 0 Å². The normalized spacial score (nSPS) is 20.7. The van der Waals surface area contributed by atoms with E-state index < -0.39 is 0 Å². The molecule has 2 unspecified atom stereocenters. The summed E-state index contributed by atoms with van der Waals surface area (Å²) in [6.07, 6.45) is 12.5. The second kappa shape index (κ2) is 8.19. The van der Waals surface area contributed by atoms with Gasteiger partial charge < -0.3 is 5.32 Å². The summed E-state index contributed by atoms with van der Waals surface area (Å²) in [7, 11) is 0. The molecule has 0 aliphatic heterocycles. The fraction of sp³-hybridized carbons (Fsp3) is 1.00. The first kappa shape index (κ1) is 16.0. The number of unbranched alkanes of at least 4 members (excludes halogenated alkanes) is 1. The Kier molecular flexibility index (Phi) is 7.29. The maximum Gasteiger partial charge on any atom is 0.00684 e. The molecule has 0 amide bonds. The predicted molar refractivity (Wildman–Crippen MR) is 82.0 cm³/mol. The molecular formula is C17H35N. The summed E-state index contributed by atoms with van der Waals surface area (Å²) in [5, 5.41) is 3.80. The molecule has 0 spiro atoms. The van der Waals surface area contributed by atoms with Gasteiger partial charge in [-0.15, -0.1) is 0 Å². The van der Waals surface area contributed by atoms with Crippen molar-refractivity contribution in [2.75, 3.05) is 6.54 Å². The zero-order valence-corrected chi connectivity index (χ0v) is 13.2. The molecule has 1 saturated carbocycles. The Bertz CT molecular complexity index is 210. The Morgan fingerprint density at radius 2 is 1.89 bits per heavy atom. The minimum Gasteiger partial charge on any atom is -0.313 e. The van der Waals surface area contributed by atoms with Gasteiger partial charge in [-0.05, 0) is 43.4 Å². The largest absolute Gasteiger partial charge is 0.313 e. The lowest BCUT2D eigenvalue weighted by molar-refractivity contribution is 0.174. The van der Waals surface area contributed by atoms with Crippen LogP contribution in [0.5, 0.6) is 0 Å². The highest BCUT2D eigenvalue weighted by Gasteiger charge is 2.31. The van der Waals surface area contributed by atoms with Crippen LogP contribution < -0.4 is 5.32 Å². The van der Waals surface area contributed by atoms with Gasteiger partial charge >= 0.3 is 0 Å². The minimum absolute atomic E-state index is 0.577. The third-order valence-electron chi connectivity index (χ3n) is 4.72. The van der Waals surface area contributed by atoms with Gasteiger partial charge in [0.25, 0.3) is 0 Å². The topological polar surface area (TPSA) is 12.0 Å². The first-order valence-corrected chi connectivity index (χ1v) is 8.39. The fourth-order valence-electron chi connectivity index (χ4n) is 3.24. The van der Waals surface area contributed by atoms with Crippen LogP contribution in [0.25, 0.3) is 0 Å². The molecule has 18 heavy (non-hydrogen) atoms. The Morgan fingerprint density at radius 3 is 2.39 bits per heavy atom. The van der Waals surface area contributed by atoms with Crippen molar-refractivity contribution in [2.24, 2.45) is 11.3 Å². The van der Waals surface area contributed by atoms with Gasteiger partial charge in [0.2, 0.25) is 0 Å². The Hall–Kier alpha value is -0.0400. The minimum atomic E-state index is 0.577. The molecule has 1 rings (SSSR count). The molecule has 0 bridgehead atoms. The highest BCUT2D eigenvalue weighted by molar-refractivity contribution is 4.88. The lowest BCUT2D eigenvalue weighted by Gasteiger charge is -2.36. The van der Waals surface area contributed by atoms with Crippen molar-refractivity contribution in [3.05, 3.63) is 0 Å². The van der Waals surface area contributed by atoms with E-state index in [1.165, 1.54) is 64.3 Å². The number of hydrogen-bond donors (Lipinski definition) is 1. The lowest BCUT2D eigenvalue weighted by atomic mass is 9.73. The van der Waals surface area contributed by atoms with Crippen LogP contribution in [0.15, 0.2) is 0 Å². The summed E-state index contributed by atoms with van der Waals surface area (Å²) in [5.41, 5.74) is 0.577. The quantitative estimate of drug-likeness (QED) is 0.537. The average Bonchev–Trinajstić information content (AvgIpc) is 3.17. The van der Waals surface area contributed by atoms with E-state index in [9.17, 15) is 0 Å². The summed E-state index contributed by atoms with van der Waals surface area (Å²) in [6.45, 7) is 10.8. The van der Waals surface area contributed by atoms with Crippen LogP contribution in [0.3, 0.4) is 0 Å². The van der Waals surface area contributed by atoms with E-state index in [0.717, 1.165) is 12.0 Å². The standard InChI is InChI=1S/C17H35N/c1-5-8-12-17(7-3,13-15(4)9-6-2)14-18-16-10-11-16/h15-16,18H,5-14H2,1-4H3. The molecule has 0 aromatic heterocycles. The molecule has 1 fully saturated rings. The molecule has 0 aromatic rings. The van der Waals surface area contributed by atoms with Crippen molar-refractivity contribution in [1.29, 1.82) is 0 Å². The monoisotopic (exact) mass is 253 g/mol. The Morgan fingerprint density at radius 1 is 1.17 bits per heavy atom. The Labute approximate surface area is 115 Å². The van der Waals surface area contributed by atoms with E-state index in [0.29, 0.717) is 5.41 Å². The summed E-state index contributed by atoms with van der Waals surface area (Å²) in [5.74, 6) is 0.896. The fourth-order valence-corrected chi connectivity index (χ4v) is 3.24. The van der Waals surface area contributed by atoms with Crippen molar-refractivity contribution in [2.45, 2.75) is 91.5 Å². The summed E-state index contributed by atoms with van der Waals surface area (Å²) in [4.78, 5) is 0. The third-order valence-corrected chi connectivity index (χ3v) is 4.72. The first-order chi connectivity index (χ1) is 8.65. The van der Waals surface area contributed by atoms with E-state index in [1.54, 1.807) is 0 Å². The van der Waals surface area contributed by atoms with Crippen LogP contribution in [0.1, 0.15) is 85.5 Å². The zero-order valence-electron chi connectivity index (χ0n) is 13.2. The van der Waals surface area contributed by atoms with Crippen molar-refractivity contribution in [3.63, 3.8) is 0 Å². The van der Waals surface area contributed by atoms with E-state index in [1.807, 2.05) is 0 Å². The second-order valence-corrected chi connectivity index (χ2v) is 6.71. The van der Waals surface area contributed by atoms with Crippen LogP contribution in [0.4, 0.5) is 0 Å². The predicted octanol–water partition coefficient (Wildman–Crippen LogP) is 5.15. The van der Waals surface area contributed by atoms with Gasteiger partial charge in [-0.1, -0.05) is 53.4 Å². The molecule has 1 aliphatic carbocycles. The highest BCUT2D eigenvalue weighted by Crippen LogP contribution is 2.37. The van der Waals surface area contributed by atoms with Gasteiger partial charge in [-0.3, -0.25) is 0 Å². The molecule has 2 atom stereocenters. The molecule has 1 N–H and O–H groups in total. The number of hydrogen-bond acceptors (Lipinski definition) is 1. The van der Waals surface area contributed by atoms with Gasteiger partial charge in [-0.25, -0.2) is 0 Å². The molecule has 0 heterocycles. The van der Waals surface area contributed by atoms with Gasteiger partial charge in [0.05, 0.1) is 0 Å². The summed E-state index contributed by atoms with van der Waals surface area (Å²) < 4.78 is 0. The van der Waals surface area contributed by atoms with E-state index in [-0.39, 0.29) is 0 Å². The summed E-state index contributed by atoms with van der Waals surface area (Å²) >= 11 is 0. The molecule has 0 radical (unpaired) electrons. The SMILES string of the molecule is CCCCC(CC)(CNC1CC1)CC(C)CCC. The van der Waals surface area contributed by atoms with Crippen LogP contribution in [-0.4, -0.2) is 12.6 Å². The van der Waals surface area contributed by atoms with E-state index >= 15 is 0 Å². The van der Waals surface area contributed by atoms with Gasteiger partial charge in [0.15, 0.2) is 0 Å². The number of nitrogens with one attached hydrogen (secondary N) is 1. The van der Waals surface area contributed by atoms with Crippen molar-refractivity contribution < 1.29 is 0 Å². The summed E-state index contributed by atoms with van der Waals surface area (Å²) in [6, 6.07) is 0.860. The second-order valence-electron chi connectivity index (χ2n) is 6.71. The van der Waals surface area contributed by atoms with Crippen LogP contribution in [0, 0.1) is 11.3 Å². The highest BCUT2D eigenvalue weighted by atomic mass is 15.0. The van der Waals surface area contributed by atoms with Crippen molar-refractivity contribution in [3.8, 4) is 0 Å². The molecule has 1 heteroatoms. The van der Waals surface area contributed by atoms with Gasteiger partial charge in [-0.2, -0.15) is 0 Å². The average molecular weight is 253 g/mol. The van der Waals surface area contributed by atoms with Crippen LogP contribution in [0.2, 0.25) is 0 Å². The molecular weight excluding hydrogens is 218 g/mol. The molecule has 0 aromatic carbocycles. The van der Waals surface area contributed by atoms with Gasteiger partial charge in [0, 0.05) is 12.6 Å². The van der Waals surface area contributed by atoms with E-state index in [4.69, 9.17) is 0 Å². The van der Waals surface area contributed by atoms with E-state index in [2.05, 4.69) is 33.0 Å². The van der Waals surface area contributed by atoms with Crippen molar-refractivity contribution >= 4 is 0 Å². The molecule has 1 aliphatic rings. The lowest BCUT2D eigenvalue weighted by Crippen LogP contribution is -2.36. The van der Waals surface area contributed by atoms with Crippen molar-refractivity contribution in [1.82, 2.24) is 5.32 Å². The maximum atomic E-state index is 3.80. The maximum absolute atomic E-state index is 3.80. The Balaban J connectivity index is 2.49. The third kappa shape index (κ3) is 5.73. The van der Waals surface area contributed by atoms with Crippen LogP contribution >= 0.6 is 0 Å². The molecule has 108 valence electrons.